The van der Waals surface area contributed by atoms with E-state index in [4.69, 9.17) is 0 Å². The molecule has 0 saturated heterocycles. The van der Waals surface area contributed by atoms with Crippen LogP contribution in [0.2, 0.25) is 0 Å². The molecule has 6 rings (SSSR count). The van der Waals surface area contributed by atoms with Gasteiger partial charge in [-0.05, 0) is 17.2 Å². The molecular formula is C30H22N2O2. The molecule has 2 atom stereocenters. The zero-order valence-electron chi connectivity index (χ0n) is 18.4. The highest BCUT2D eigenvalue weighted by atomic mass is 16.2. The number of anilines is 1. The van der Waals surface area contributed by atoms with E-state index in [1.54, 1.807) is 0 Å². The van der Waals surface area contributed by atoms with Gasteiger partial charge in [0.05, 0.1) is 6.04 Å². The monoisotopic (exact) mass is 442 g/mol. The molecular weight excluding hydrogens is 420 g/mol. The van der Waals surface area contributed by atoms with Crippen molar-refractivity contribution in [2.75, 3.05) is 5.32 Å². The molecule has 2 heterocycles. The van der Waals surface area contributed by atoms with Gasteiger partial charge in [-0.15, -0.1) is 0 Å². The summed E-state index contributed by atoms with van der Waals surface area (Å²) in [6.07, 6.45) is 0. The van der Waals surface area contributed by atoms with Gasteiger partial charge in [-0.3, -0.25) is 14.9 Å². The summed E-state index contributed by atoms with van der Waals surface area (Å²) in [5.74, 6) is -0.265. The molecule has 4 heteroatoms. The third kappa shape index (κ3) is 2.96. The molecule has 0 unspecified atom stereocenters. The second-order valence-corrected chi connectivity index (χ2v) is 8.59. The topological polar surface area (TPSA) is 58.2 Å². The highest BCUT2D eigenvalue weighted by molar-refractivity contribution is 6.23. The van der Waals surface area contributed by atoms with Gasteiger partial charge in [0, 0.05) is 28.0 Å². The number of Topliss-reactive ketones (excluding diaryl/α,β-unsaturated/α-hetero) is 1. The molecule has 0 aromatic heterocycles. The number of carbonyl (C=O) groups excluding carboxylic acids is 2. The quantitative estimate of drug-likeness (QED) is 0.410. The molecule has 0 fully saturated rings. The Labute approximate surface area is 198 Å². The van der Waals surface area contributed by atoms with Crippen LogP contribution in [0.4, 0.5) is 5.69 Å². The van der Waals surface area contributed by atoms with E-state index < -0.39 is 11.6 Å². The number of amides is 1. The maximum absolute atomic E-state index is 14.1. The Kier molecular flexibility index (Phi) is 4.75. The van der Waals surface area contributed by atoms with E-state index in [0.717, 1.165) is 22.4 Å². The van der Waals surface area contributed by atoms with Gasteiger partial charge in [0.2, 0.25) is 0 Å². The van der Waals surface area contributed by atoms with Gasteiger partial charge in [-0.2, -0.15) is 0 Å². The SMILES string of the molecule is O=C(C1=C(c2ccccc2)[C@@]2(N[C@@H]1c1ccccc1)C(=O)Nc1ccccc12)c1ccccc1. The molecule has 0 aliphatic carbocycles. The summed E-state index contributed by atoms with van der Waals surface area (Å²) < 4.78 is 0. The Balaban J connectivity index is 1.70. The largest absolute Gasteiger partial charge is 0.324 e. The molecule has 0 saturated carbocycles. The van der Waals surface area contributed by atoms with E-state index in [9.17, 15) is 9.59 Å². The first-order valence-corrected chi connectivity index (χ1v) is 11.3. The van der Waals surface area contributed by atoms with E-state index >= 15 is 0 Å². The summed E-state index contributed by atoms with van der Waals surface area (Å²) in [5.41, 5.74) is 4.08. The van der Waals surface area contributed by atoms with E-state index in [1.807, 2.05) is 115 Å². The van der Waals surface area contributed by atoms with Crippen LogP contribution in [0.25, 0.3) is 5.57 Å². The maximum atomic E-state index is 14.1. The highest BCUT2D eigenvalue weighted by Crippen LogP contribution is 2.54. The van der Waals surface area contributed by atoms with Crippen LogP contribution in [-0.2, 0) is 10.3 Å². The maximum Gasteiger partial charge on any atom is 0.254 e. The minimum absolute atomic E-state index is 0.0881. The molecule has 1 amide bonds. The lowest BCUT2D eigenvalue weighted by molar-refractivity contribution is -0.119. The Bertz CT molecular complexity index is 1430. The Morgan fingerprint density at radius 2 is 1.29 bits per heavy atom. The molecule has 164 valence electrons. The number of nitrogens with one attached hydrogen (secondary N) is 2. The lowest BCUT2D eigenvalue weighted by Crippen LogP contribution is -2.46. The third-order valence-electron chi connectivity index (χ3n) is 6.69. The van der Waals surface area contributed by atoms with Crippen LogP contribution in [0.3, 0.4) is 0 Å². The summed E-state index contributed by atoms with van der Waals surface area (Å²) in [7, 11) is 0. The molecule has 4 aromatic carbocycles. The van der Waals surface area contributed by atoms with Crippen LogP contribution in [-0.4, -0.2) is 11.7 Å². The molecule has 0 radical (unpaired) electrons. The first-order chi connectivity index (χ1) is 16.7. The van der Waals surface area contributed by atoms with Crippen molar-refractivity contribution in [1.82, 2.24) is 5.32 Å². The van der Waals surface area contributed by atoms with Gasteiger partial charge < -0.3 is 5.32 Å². The standard InChI is InChI=1S/C30H22N2O2/c33-28(22-16-8-3-9-17-22)25-26(20-12-4-1-5-13-20)30(32-27(25)21-14-6-2-7-15-21)23-18-10-11-19-24(23)31-29(30)34/h1-19,27,32H,(H,31,34)/t27-,30-/m1/s1. The van der Waals surface area contributed by atoms with Crippen molar-refractivity contribution in [3.63, 3.8) is 0 Å². The molecule has 34 heavy (non-hydrogen) atoms. The summed E-state index contributed by atoms with van der Waals surface area (Å²) >= 11 is 0. The zero-order chi connectivity index (χ0) is 23.1. The second kappa shape index (κ2) is 7.94. The number of rotatable bonds is 4. The first kappa shape index (κ1) is 20.3. The minimum Gasteiger partial charge on any atom is -0.324 e. The van der Waals surface area contributed by atoms with Gasteiger partial charge in [-0.1, -0.05) is 109 Å². The van der Waals surface area contributed by atoms with Gasteiger partial charge in [0.25, 0.3) is 5.91 Å². The summed E-state index contributed by atoms with van der Waals surface area (Å²) in [6.45, 7) is 0. The van der Waals surface area contributed by atoms with Crippen molar-refractivity contribution in [3.8, 4) is 0 Å². The number of fused-ring (bicyclic) bond motifs is 2. The Morgan fingerprint density at radius 3 is 2.00 bits per heavy atom. The zero-order valence-corrected chi connectivity index (χ0v) is 18.4. The number of para-hydroxylation sites is 1. The predicted octanol–water partition coefficient (Wildman–Crippen LogP) is 5.52. The Morgan fingerprint density at radius 1 is 0.706 bits per heavy atom. The van der Waals surface area contributed by atoms with Crippen LogP contribution in [0, 0.1) is 0 Å². The van der Waals surface area contributed by atoms with E-state index in [2.05, 4.69) is 10.6 Å². The fourth-order valence-corrected chi connectivity index (χ4v) is 5.22. The third-order valence-corrected chi connectivity index (χ3v) is 6.69. The molecule has 4 nitrogen and oxygen atoms in total. The number of carbonyl (C=O) groups is 2. The molecule has 0 bridgehead atoms. The normalized spacial score (nSPS) is 20.9. The highest BCUT2D eigenvalue weighted by Gasteiger charge is 2.57. The van der Waals surface area contributed by atoms with Crippen molar-refractivity contribution < 1.29 is 9.59 Å². The minimum atomic E-state index is -1.18. The molecule has 2 N–H and O–H groups in total. The van der Waals surface area contributed by atoms with Crippen molar-refractivity contribution in [1.29, 1.82) is 0 Å². The van der Waals surface area contributed by atoms with Crippen LogP contribution >= 0.6 is 0 Å². The second-order valence-electron chi connectivity index (χ2n) is 8.59. The number of hydrogen-bond donors (Lipinski definition) is 2. The average molecular weight is 443 g/mol. The summed E-state index contributed by atoms with van der Waals surface area (Å²) in [4.78, 5) is 27.9. The van der Waals surface area contributed by atoms with Crippen molar-refractivity contribution in [3.05, 3.63) is 143 Å². The van der Waals surface area contributed by atoms with E-state index in [-0.39, 0.29) is 11.7 Å². The van der Waals surface area contributed by atoms with Crippen molar-refractivity contribution in [2.45, 2.75) is 11.6 Å². The first-order valence-electron chi connectivity index (χ1n) is 11.3. The fraction of sp³-hybridized carbons (Fsp3) is 0.0667. The van der Waals surface area contributed by atoms with E-state index in [0.29, 0.717) is 16.7 Å². The lowest BCUT2D eigenvalue weighted by atomic mass is 9.79. The molecule has 1 spiro atoms. The molecule has 2 aliphatic rings. The van der Waals surface area contributed by atoms with Crippen LogP contribution in [0.5, 0.6) is 0 Å². The van der Waals surface area contributed by atoms with Crippen molar-refractivity contribution in [2.24, 2.45) is 0 Å². The van der Waals surface area contributed by atoms with Crippen LogP contribution in [0.1, 0.15) is 33.1 Å². The lowest BCUT2D eigenvalue weighted by Gasteiger charge is -2.28. The summed E-state index contributed by atoms with van der Waals surface area (Å²) in [5, 5.41) is 6.69. The van der Waals surface area contributed by atoms with E-state index in [1.165, 1.54) is 0 Å². The van der Waals surface area contributed by atoms with Crippen molar-refractivity contribution >= 4 is 23.0 Å². The molecule has 4 aromatic rings. The number of benzene rings is 4. The fourth-order valence-electron chi connectivity index (χ4n) is 5.22. The molecule has 2 aliphatic heterocycles. The van der Waals surface area contributed by atoms with Gasteiger partial charge in [0.15, 0.2) is 11.3 Å². The van der Waals surface area contributed by atoms with Gasteiger partial charge >= 0.3 is 0 Å². The van der Waals surface area contributed by atoms with Gasteiger partial charge in [0.1, 0.15) is 0 Å². The average Bonchev–Trinajstić information content (AvgIpc) is 3.41. The predicted molar refractivity (Wildman–Crippen MR) is 133 cm³/mol. The number of ketones is 1. The van der Waals surface area contributed by atoms with Crippen LogP contribution < -0.4 is 10.6 Å². The Hall–Kier alpha value is -4.28. The number of hydrogen-bond acceptors (Lipinski definition) is 3. The smallest absolute Gasteiger partial charge is 0.254 e. The summed E-state index contributed by atoms with van der Waals surface area (Å²) in [6, 6.07) is 36.1. The van der Waals surface area contributed by atoms with Gasteiger partial charge in [-0.25, -0.2) is 0 Å². The van der Waals surface area contributed by atoms with Crippen LogP contribution in [0.15, 0.2) is 121 Å².